The number of carbonyl (C=O) groups excluding carboxylic acids is 1. The molecule has 1 amide bonds. The lowest BCUT2D eigenvalue weighted by Crippen LogP contribution is -2.13. The third-order valence-corrected chi connectivity index (χ3v) is 3.09. The van der Waals surface area contributed by atoms with Crippen LogP contribution in [0.1, 0.15) is 10.4 Å². The van der Waals surface area contributed by atoms with Gasteiger partial charge in [-0.1, -0.05) is 6.07 Å². The SMILES string of the molecule is O=C(O)COc1cccc(NC(=O)c2cccnc2Br)c1. The quantitative estimate of drug-likeness (QED) is 0.809. The number of ether oxygens (including phenoxy) is 1. The number of carboxylic acid groups (broad SMARTS) is 1. The van der Waals surface area contributed by atoms with Gasteiger partial charge in [0.05, 0.1) is 5.56 Å². The first-order valence-corrected chi connectivity index (χ1v) is 6.72. The highest BCUT2D eigenvalue weighted by Gasteiger charge is 2.11. The zero-order valence-electron chi connectivity index (χ0n) is 10.7. The number of amides is 1. The summed E-state index contributed by atoms with van der Waals surface area (Å²) in [4.78, 5) is 26.5. The van der Waals surface area contributed by atoms with Crippen LogP contribution in [0.5, 0.6) is 5.75 Å². The summed E-state index contributed by atoms with van der Waals surface area (Å²) in [5, 5.41) is 11.3. The summed E-state index contributed by atoms with van der Waals surface area (Å²) in [6.07, 6.45) is 1.57. The molecule has 7 heteroatoms. The van der Waals surface area contributed by atoms with Gasteiger partial charge >= 0.3 is 5.97 Å². The zero-order chi connectivity index (χ0) is 15.2. The van der Waals surface area contributed by atoms with E-state index in [2.05, 4.69) is 26.2 Å². The molecule has 0 unspecified atom stereocenters. The van der Waals surface area contributed by atoms with Crippen LogP contribution < -0.4 is 10.1 Å². The monoisotopic (exact) mass is 350 g/mol. The Hall–Kier alpha value is -2.41. The molecule has 0 bridgehead atoms. The molecular formula is C14H11BrN2O4. The number of pyridine rings is 1. The molecule has 1 aromatic heterocycles. The van der Waals surface area contributed by atoms with Gasteiger partial charge in [0, 0.05) is 18.0 Å². The lowest BCUT2D eigenvalue weighted by molar-refractivity contribution is -0.139. The molecule has 21 heavy (non-hydrogen) atoms. The molecule has 0 aliphatic heterocycles. The van der Waals surface area contributed by atoms with Gasteiger partial charge < -0.3 is 15.2 Å². The van der Waals surface area contributed by atoms with Gasteiger partial charge in [-0.05, 0) is 40.2 Å². The van der Waals surface area contributed by atoms with E-state index < -0.39 is 12.6 Å². The Morgan fingerprint density at radius 3 is 2.81 bits per heavy atom. The molecule has 0 aliphatic rings. The Morgan fingerprint density at radius 2 is 2.10 bits per heavy atom. The predicted molar refractivity (Wildman–Crippen MR) is 79.5 cm³/mol. The summed E-state index contributed by atoms with van der Waals surface area (Å²) in [5.41, 5.74) is 0.896. The van der Waals surface area contributed by atoms with Gasteiger partial charge in [0.15, 0.2) is 6.61 Å². The van der Waals surface area contributed by atoms with Crippen LogP contribution in [0.4, 0.5) is 5.69 Å². The fourth-order valence-electron chi connectivity index (χ4n) is 1.56. The molecule has 0 aliphatic carbocycles. The van der Waals surface area contributed by atoms with Crippen molar-refractivity contribution in [2.45, 2.75) is 0 Å². The zero-order valence-corrected chi connectivity index (χ0v) is 12.3. The first-order valence-electron chi connectivity index (χ1n) is 5.93. The van der Waals surface area contributed by atoms with Crippen molar-refractivity contribution in [1.29, 1.82) is 0 Å². The van der Waals surface area contributed by atoms with Crippen LogP contribution in [0.15, 0.2) is 47.2 Å². The van der Waals surface area contributed by atoms with E-state index in [-0.39, 0.29) is 5.91 Å². The number of hydrogen-bond acceptors (Lipinski definition) is 4. The molecule has 2 N–H and O–H groups in total. The Kier molecular flexibility index (Phi) is 4.89. The molecular weight excluding hydrogens is 340 g/mol. The minimum Gasteiger partial charge on any atom is -0.482 e. The normalized spacial score (nSPS) is 9.95. The second kappa shape index (κ2) is 6.85. The van der Waals surface area contributed by atoms with Crippen LogP contribution in [0.3, 0.4) is 0 Å². The molecule has 0 saturated heterocycles. The number of halogens is 1. The second-order valence-electron chi connectivity index (χ2n) is 4.01. The smallest absolute Gasteiger partial charge is 0.341 e. The van der Waals surface area contributed by atoms with Gasteiger partial charge in [0.2, 0.25) is 0 Å². The van der Waals surface area contributed by atoms with Crippen molar-refractivity contribution in [3.8, 4) is 5.75 Å². The first kappa shape index (κ1) is 15.0. The molecule has 0 radical (unpaired) electrons. The topological polar surface area (TPSA) is 88.5 Å². The molecule has 1 heterocycles. The van der Waals surface area contributed by atoms with Crippen LogP contribution in [0.2, 0.25) is 0 Å². The third-order valence-electron chi connectivity index (χ3n) is 2.46. The number of benzene rings is 1. The van der Waals surface area contributed by atoms with E-state index in [0.717, 1.165) is 0 Å². The van der Waals surface area contributed by atoms with E-state index in [1.54, 1.807) is 42.6 Å². The van der Waals surface area contributed by atoms with Crippen molar-refractivity contribution in [3.05, 3.63) is 52.8 Å². The number of hydrogen-bond donors (Lipinski definition) is 2. The molecule has 108 valence electrons. The van der Waals surface area contributed by atoms with E-state index in [1.807, 2.05) is 0 Å². The molecule has 0 spiro atoms. The Morgan fingerprint density at radius 1 is 1.29 bits per heavy atom. The van der Waals surface area contributed by atoms with E-state index in [1.165, 1.54) is 0 Å². The standard InChI is InChI=1S/C14H11BrN2O4/c15-13-11(5-2-6-16-13)14(20)17-9-3-1-4-10(7-9)21-8-12(18)19/h1-7H,8H2,(H,17,20)(H,18,19). The molecule has 0 atom stereocenters. The van der Waals surface area contributed by atoms with Crippen LogP contribution in [0.25, 0.3) is 0 Å². The number of anilines is 1. The van der Waals surface area contributed by atoms with Crippen LogP contribution in [-0.2, 0) is 4.79 Å². The van der Waals surface area contributed by atoms with Gasteiger partial charge in [0.1, 0.15) is 10.4 Å². The molecule has 6 nitrogen and oxygen atoms in total. The number of aromatic nitrogens is 1. The third kappa shape index (κ3) is 4.28. The lowest BCUT2D eigenvalue weighted by atomic mass is 10.2. The Bertz CT molecular complexity index is 676. The summed E-state index contributed by atoms with van der Waals surface area (Å²) in [6, 6.07) is 9.79. The van der Waals surface area contributed by atoms with Gasteiger partial charge in [0.25, 0.3) is 5.91 Å². The average Bonchev–Trinajstić information content (AvgIpc) is 2.46. The highest BCUT2D eigenvalue weighted by atomic mass is 79.9. The van der Waals surface area contributed by atoms with Crippen molar-refractivity contribution in [2.24, 2.45) is 0 Å². The van der Waals surface area contributed by atoms with E-state index >= 15 is 0 Å². The van der Waals surface area contributed by atoms with Crippen molar-refractivity contribution < 1.29 is 19.4 Å². The van der Waals surface area contributed by atoms with E-state index in [4.69, 9.17) is 9.84 Å². The van der Waals surface area contributed by atoms with Gasteiger partial charge in [-0.15, -0.1) is 0 Å². The number of carbonyl (C=O) groups is 2. The summed E-state index contributed by atoms with van der Waals surface area (Å²) in [6.45, 7) is -0.439. The van der Waals surface area contributed by atoms with E-state index in [9.17, 15) is 9.59 Å². The summed E-state index contributed by atoms with van der Waals surface area (Å²) in [7, 11) is 0. The highest BCUT2D eigenvalue weighted by molar-refractivity contribution is 9.10. The molecule has 2 rings (SSSR count). The highest BCUT2D eigenvalue weighted by Crippen LogP contribution is 2.19. The number of aliphatic carboxylic acids is 1. The summed E-state index contributed by atoms with van der Waals surface area (Å²) < 4.78 is 5.49. The van der Waals surface area contributed by atoms with Gasteiger partial charge in [-0.3, -0.25) is 4.79 Å². The maximum atomic E-state index is 12.1. The lowest BCUT2D eigenvalue weighted by Gasteiger charge is -2.08. The minimum absolute atomic E-state index is 0.328. The second-order valence-corrected chi connectivity index (χ2v) is 4.76. The van der Waals surface area contributed by atoms with E-state index in [0.29, 0.717) is 21.6 Å². The fraction of sp³-hybridized carbons (Fsp3) is 0.0714. The predicted octanol–water partition coefficient (Wildman–Crippen LogP) is 2.56. The molecule has 1 aromatic carbocycles. The Balaban J connectivity index is 2.09. The maximum Gasteiger partial charge on any atom is 0.341 e. The number of carboxylic acids is 1. The molecule has 2 aromatic rings. The van der Waals surface area contributed by atoms with Crippen molar-refractivity contribution in [2.75, 3.05) is 11.9 Å². The van der Waals surface area contributed by atoms with Crippen molar-refractivity contribution in [1.82, 2.24) is 4.98 Å². The van der Waals surface area contributed by atoms with Gasteiger partial charge in [-0.2, -0.15) is 0 Å². The average molecular weight is 351 g/mol. The summed E-state index contributed by atoms with van der Waals surface area (Å²) >= 11 is 3.20. The summed E-state index contributed by atoms with van der Waals surface area (Å²) in [5.74, 6) is -1.03. The maximum absolute atomic E-state index is 12.1. The number of rotatable bonds is 5. The first-order chi connectivity index (χ1) is 10.1. The van der Waals surface area contributed by atoms with Crippen LogP contribution in [0, 0.1) is 0 Å². The molecule has 0 fully saturated rings. The minimum atomic E-state index is -1.07. The number of nitrogens with zero attached hydrogens (tertiary/aromatic N) is 1. The van der Waals surface area contributed by atoms with Crippen molar-refractivity contribution in [3.63, 3.8) is 0 Å². The molecule has 0 saturated carbocycles. The van der Waals surface area contributed by atoms with Gasteiger partial charge in [-0.25, -0.2) is 9.78 Å². The largest absolute Gasteiger partial charge is 0.482 e. The van der Waals surface area contributed by atoms with Crippen LogP contribution in [-0.4, -0.2) is 28.6 Å². The number of nitrogens with one attached hydrogen (secondary N) is 1. The Labute approximate surface area is 128 Å². The van der Waals surface area contributed by atoms with Crippen molar-refractivity contribution >= 4 is 33.5 Å². The fourth-order valence-corrected chi connectivity index (χ4v) is 1.99. The van der Waals surface area contributed by atoms with Crippen LogP contribution >= 0.6 is 15.9 Å².